The van der Waals surface area contributed by atoms with Crippen molar-refractivity contribution in [3.63, 3.8) is 0 Å². The van der Waals surface area contributed by atoms with Gasteiger partial charge in [0.15, 0.2) is 5.96 Å². The van der Waals surface area contributed by atoms with Crippen LogP contribution in [-0.2, 0) is 11.3 Å². The molecular weight excluding hydrogens is 343 g/mol. The van der Waals surface area contributed by atoms with Crippen LogP contribution in [0.2, 0.25) is 0 Å². The van der Waals surface area contributed by atoms with Crippen molar-refractivity contribution in [2.75, 3.05) is 20.8 Å². The van der Waals surface area contributed by atoms with E-state index in [1.165, 1.54) is 0 Å². The van der Waals surface area contributed by atoms with Crippen molar-refractivity contribution >= 4 is 29.9 Å². The Balaban J connectivity index is 0.00000289. The van der Waals surface area contributed by atoms with Gasteiger partial charge in [0.25, 0.3) is 0 Å². The van der Waals surface area contributed by atoms with Crippen LogP contribution in [-0.4, -0.2) is 37.7 Å². The van der Waals surface area contributed by atoms with Crippen LogP contribution >= 0.6 is 24.0 Å². The Labute approximate surface area is 125 Å². The Hall–Kier alpha value is -0.890. The summed E-state index contributed by atoms with van der Waals surface area (Å²) in [4.78, 5) is 8.37. The van der Waals surface area contributed by atoms with Gasteiger partial charge in [-0.2, -0.15) is 0 Å². The van der Waals surface area contributed by atoms with Crippen LogP contribution in [0.4, 0.5) is 0 Å². The molecule has 2 N–H and O–H groups in total. The normalized spacial score (nSPS) is 12.5. The molecule has 0 aliphatic carbocycles. The second kappa shape index (κ2) is 10.1. The first kappa shape index (κ1) is 17.1. The number of rotatable bonds is 5. The van der Waals surface area contributed by atoms with E-state index in [9.17, 15) is 0 Å². The van der Waals surface area contributed by atoms with Gasteiger partial charge in [-0.05, 0) is 19.1 Å². The second-order valence-electron chi connectivity index (χ2n) is 3.75. The molecule has 1 rings (SSSR count). The van der Waals surface area contributed by atoms with Crippen molar-refractivity contribution in [3.8, 4) is 0 Å². The predicted molar refractivity (Wildman–Crippen MR) is 84.3 cm³/mol. The lowest BCUT2D eigenvalue weighted by molar-refractivity contribution is 0.179. The molecular formula is C12H21IN4O. The van der Waals surface area contributed by atoms with Gasteiger partial charge in [-0.15, -0.1) is 24.0 Å². The fourth-order valence-corrected chi connectivity index (χ4v) is 1.40. The number of nitrogens with zero attached hydrogens (tertiary/aromatic N) is 2. The van der Waals surface area contributed by atoms with Crippen LogP contribution in [0.25, 0.3) is 0 Å². The second-order valence-corrected chi connectivity index (χ2v) is 3.75. The zero-order chi connectivity index (χ0) is 12.5. The molecule has 0 spiro atoms. The van der Waals surface area contributed by atoms with E-state index in [1.807, 2.05) is 25.1 Å². The van der Waals surface area contributed by atoms with Crippen LogP contribution in [0.5, 0.6) is 0 Å². The van der Waals surface area contributed by atoms with Crippen LogP contribution < -0.4 is 10.6 Å². The number of ether oxygens (including phenoxy) is 1. The van der Waals surface area contributed by atoms with E-state index in [1.54, 1.807) is 20.4 Å². The number of aromatic nitrogens is 1. The summed E-state index contributed by atoms with van der Waals surface area (Å²) >= 11 is 0. The summed E-state index contributed by atoms with van der Waals surface area (Å²) in [5.74, 6) is 0.750. The van der Waals surface area contributed by atoms with Gasteiger partial charge in [0.05, 0.1) is 18.8 Å². The van der Waals surface area contributed by atoms with Gasteiger partial charge in [-0.25, -0.2) is 0 Å². The number of halogens is 1. The molecule has 0 aromatic carbocycles. The Morgan fingerprint density at radius 3 is 2.83 bits per heavy atom. The third kappa shape index (κ3) is 6.75. The molecule has 1 aromatic rings. The third-order valence-electron chi connectivity index (χ3n) is 2.19. The van der Waals surface area contributed by atoms with Gasteiger partial charge in [0, 0.05) is 26.4 Å². The van der Waals surface area contributed by atoms with Crippen molar-refractivity contribution in [3.05, 3.63) is 30.1 Å². The zero-order valence-corrected chi connectivity index (χ0v) is 13.3. The summed E-state index contributed by atoms with van der Waals surface area (Å²) in [6.45, 7) is 3.33. The molecule has 0 radical (unpaired) electrons. The molecule has 0 aliphatic heterocycles. The van der Waals surface area contributed by atoms with Gasteiger partial charge in [0.1, 0.15) is 0 Å². The fourth-order valence-electron chi connectivity index (χ4n) is 1.40. The molecule has 0 saturated carbocycles. The minimum atomic E-state index is 0. The first-order valence-electron chi connectivity index (χ1n) is 5.62. The van der Waals surface area contributed by atoms with E-state index >= 15 is 0 Å². The minimum absolute atomic E-state index is 0. The number of hydrogen-bond donors (Lipinski definition) is 2. The lowest BCUT2D eigenvalue weighted by Gasteiger charge is -2.16. The molecule has 0 aliphatic rings. The van der Waals surface area contributed by atoms with E-state index in [4.69, 9.17) is 4.74 Å². The molecule has 6 heteroatoms. The number of aliphatic imine (C=N–C) groups is 1. The lowest BCUT2D eigenvalue weighted by Crippen LogP contribution is -2.43. The highest BCUT2D eigenvalue weighted by atomic mass is 127. The van der Waals surface area contributed by atoms with Crippen molar-refractivity contribution < 1.29 is 4.74 Å². The fraction of sp³-hybridized carbons (Fsp3) is 0.500. The number of guanidine groups is 1. The highest BCUT2D eigenvalue weighted by Gasteiger charge is 2.04. The van der Waals surface area contributed by atoms with Crippen LogP contribution in [0.15, 0.2) is 29.4 Å². The smallest absolute Gasteiger partial charge is 0.191 e. The topological polar surface area (TPSA) is 58.5 Å². The van der Waals surface area contributed by atoms with Crippen LogP contribution in [0.3, 0.4) is 0 Å². The molecule has 0 amide bonds. The Morgan fingerprint density at radius 1 is 1.50 bits per heavy atom. The van der Waals surface area contributed by atoms with Gasteiger partial charge in [-0.1, -0.05) is 6.07 Å². The van der Waals surface area contributed by atoms with E-state index < -0.39 is 0 Å². The lowest BCUT2D eigenvalue weighted by atomic mass is 10.3. The molecule has 5 nitrogen and oxygen atoms in total. The van der Waals surface area contributed by atoms with E-state index in [-0.39, 0.29) is 30.0 Å². The maximum Gasteiger partial charge on any atom is 0.191 e. The largest absolute Gasteiger partial charge is 0.383 e. The summed E-state index contributed by atoms with van der Waals surface area (Å²) in [6.07, 6.45) is 1.78. The summed E-state index contributed by atoms with van der Waals surface area (Å²) in [6, 6.07) is 6.05. The maximum atomic E-state index is 5.05. The number of pyridine rings is 1. The maximum absolute atomic E-state index is 5.05. The van der Waals surface area contributed by atoms with Crippen molar-refractivity contribution in [2.45, 2.75) is 19.5 Å². The quantitative estimate of drug-likeness (QED) is 0.471. The van der Waals surface area contributed by atoms with E-state index in [0.717, 1.165) is 11.7 Å². The van der Waals surface area contributed by atoms with Crippen molar-refractivity contribution in [2.24, 2.45) is 4.99 Å². The van der Waals surface area contributed by atoms with E-state index in [2.05, 4.69) is 20.6 Å². The Morgan fingerprint density at radius 2 is 2.28 bits per heavy atom. The number of nitrogens with one attached hydrogen (secondary N) is 2. The van der Waals surface area contributed by atoms with Crippen molar-refractivity contribution in [1.29, 1.82) is 0 Å². The van der Waals surface area contributed by atoms with Gasteiger partial charge in [-0.3, -0.25) is 9.98 Å². The van der Waals surface area contributed by atoms with Gasteiger partial charge in [0.2, 0.25) is 0 Å². The highest BCUT2D eigenvalue weighted by Crippen LogP contribution is 1.92. The highest BCUT2D eigenvalue weighted by molar-refractivity contribution is 14.0. The first-order valence-corrected chi connectivity index (χ1v) is 5.62. The molecule has 0 saturated heterocycles. The van der Waals surface area contributed by atoms with Crippen LogP contribution in [0.1, 0.15) is 12.6 Å². The average Bonchev–Trinajstić information content (AvgIpc) is 2.36. The van der Waals surface area contributed by atoms with Gasteiger partial charge >= 0.3 is 0 Å². The Bertz CT molecular complexity index is 345. The minimum Gasteiger partial charge on any atom is -0.383 e. The molecule has 102 valence electrons. The average molecular weight is 364 g/mol. The summed E-state index contributed by atoms with van der Waals surface area (Å²) in [5.41, 5.74) is 0.981. The molecule has 1 atom stereocenters. The van der Waals surface area contributed by atoms with E-state index in [0.29, 0.717) is 13.2 Å². The first-order chi connectivity index (χ1) is 8.26. The SMILES string of the molecule is CN=C(NCc1ccccn1)NC(C)COC.I. The Kier molecular flexibility index (Phi) is 9.57. The number of hydrogen-bond acceptors (Lipinski definition) is 3. The van der Waals surface area contributed by atoms with Crippen LogP contribution in [0, 0.1) is 0 Å². The predicted octanol–water partition coefficient (Wildman–Crippen LogP) is 1.40. The number of methoxy groups -OCH3 is 1. The molecule has 1 unspecified atom stereocenters. The summed E-state index contributed by atoms with van der Waals surface area (Å²) in [5, 5.41) is 6.42. The van der Waals surface area contributed by atoms with Gasteiger partial charge < -0.3 is 15.4 Å². The summed E-state index contributed by atoms with van der Waals surface area (Å²) < 4.78 is 5.05. The molecule has 0 fully saturated rings. The molecule has 0 bridgehead atoms. The molecule has 18 heavy (non-hydrogen) atoms. The summed E-state index contributed by atoms with van der Waals surface area (Å²) in [7, 11) is 3.43. The monoisotopic (exact) mass is 364 g/mol. The molecule has 1 heterocycles. The third-order valence-corrected chi connectivity index (χ3v) is 2.19. The zero-order valence-electron chi connectivity index (χ0n) is 11.0. The van der Waals surface area contributed by atoms with Crippen molar-refractivity contribution in [1.82, 2.24) is 15.6 Å². The standard InChI is InChI=1S/C12H20N4O.HI/c1-10(9-17-3)16-12(13-2)15-8-11-6-4-5-7-14-11;/h4-7,10H,8-9H2,1-3H3,(H2,13,15,16);1H. The molecule has 1 aromatic heterocycles.